The van der Waals surface area contributed by atoms with E-state index >= 15 is 0 Å². The summed E-state index contributed by atoms with van der Waals surface area (Å²) < 4.78 is 0. The van der Waals surface area contributed by atoms with E-state index in [1.54, 1.807) is 18.5 Å². The van der Waals surface area contributed by atoms with Crippen LogP contribution < -0.4 is 5.73 Å². The van der Waals surface area contributed by atoms with Gasteiger partial charge in [-0.15, -0.1) is 0 Å². The van der Waals surface area contributed by atoms with Crippen molar-refractivity contribution in [2.75, 3.05) is 5.73 Å². The topological polar surface area (TPSA) is 86.6 Å². The summed E-state index contributed by atoms with van der Waals surface area (Å²) in [6.45, 7) is 0. The third kappa shape index (κ3) is 5.41. The molecule has 0 amide bonds. The standard InChI is InChI=1S/C30H20N2.C11H10N2/c31-27-16-15-22(18-28(27)32)30-25-11-5-3-9-23(25)29(24-10-4-6-12-26(24)30)21-14-13-19-7-1-2-8-20(19)17-21;12-11-3-1-9(2-4-11)10-5-7-13-8-6-10/h1-18,31-32H;1-8H,12H2. The number of benzene rings is 6. The minimum absolute atomic E-state index is 0.245. The summed E-state index contributed by atoms with van der Waals surface area (Å²) in [5.41, 5.74) is 13.7. The highest BCUT2D eigenvalue weighted by Crippen LogP contribution is 2.43. The molecule has 0 spiro atoms. The Morgan fingerprint density at radius 2 is 1.00 bits per heavy atom. The fourth-order valence-electron chi connectivity index (χ4n) is 6.01. The van der Waals surface area contributed by atoms with Crippen LogP contribution in [0.3, 0.4) is 0 Å². The summed E-state index contributed by atoms with van der Waals surface area (Å²) in [4.78, 5) is 3.96. The molecule has 1 aromatic heterocycles. The van der Waals surface area contributed by atoms with Crippen LogP contribution in [0.2, 0.25) is 0 Å². The zero-order valence-electron chi connectivity index (χ0n) is 24.5. The molecule has 4 heteroatoms. The van der Waals surface area contributed by atoms with Crippen molar-refractivity contribution in [3.63, 3.8) is 0 Å². The normalized spacial score (nSPS) is 12.7. The van der Waals surface area contributed by atoms with Gasteiger partial charge in [0.25, 0.3) is 0 Å². The van der Waals surface area contributed by atoms with E-state index in [2.05, 4.69) is 96.0 Å². The van der Waals surface area contributed by atoms with Crippen LogP contribution in [0.25, 0.3) is 60.1 Å². The lowest BCUT2D eigenvalue weighted by Gasteiger charge is -2.19. The fourth-order valence-corrected chi connectivity index (χ4v) is 6.01. The maximum Gasteiger partial charge on any atom is 0.0795 e. The zero-order valence-corrected chi connectivity index (χ0v) is 24.5. The Hall–Kier alpha value is -6.13. The van der Waals surface area contributed by atoms with Crippen LogP contribution in [0.15, 0.2) is 158 Å². The van der Waals surface area contributed by atoms with Gasteiger partial charge in [0.1, 0.15) is 0 Å². The molecule has 45 heavy (non-hydrogen) atoms. The minimum atomic E-state index is 0.245. The molecular formula is C41H30N4. The highest BCUT2D eigenvalue weighted by molar-refractivity contribution is 6.50. The molecule has 0 saturated carbocycles. The monoisotopic (exact) mass is 578 g/mol. The van der Waals surface area contributed by atoms with Gasteiger partial charge in [-0.05, 0) is 108 Å². The van der Waals surface area contributed by atoms with E-state index in [4.69, 9.17) is 16.6 Å². The van der Waals surface area contributed by atoms with Crippen LogP contribution in [0.4, 0.5) is 5.69 Å². The second-order valence-corrected chi connectivity index (χ2v) is 11.0. The number of fused-ring (bicyclic) bond motifs is 3. The van der Waals surface area contributed by atoms with Crippen molar-refractivity contribution in [1.82, 2.24) is 4.98 Å². The molecule has 0 saturated heterocycles. The average Bonchev–Trinajstić information content (AvgIpc) is 3.09. The fraction of sp³-hybridized carbons (Fsp3) is 0. The Labute approximate surface area is 261 Å². The Balaban J connectivity index is 0.000000209. The Morgan fingerprint density at radius 1 is 0.467 bits per heavy atom. The molecule has 1 heterocycles. The lowest BCUT2D eigenvalue weighted by atomic mass is 9.84. The Kier molecular flexibility index (Phi) is 7.30. The van der Waals surface area contributed by atoms with Crippen molar-refractivity contribution in [1.29, 1.82) is 10.8 Å². The number of hydrogen-bond donors (Lipinski definition) is 3. The van der Waals surface area contributed by atoms with Crippen LogP contribution >= 0.6 is 0 Å². The second-order valence-electron chi connectivity index (χ2n) is 11.0. The third-order valence-corrected chi connectivity index (χ3v) is 8.20. The molecule has 6 aromatic carbocycles. The zero-order chi connectivity index (χ0) is 30.8. The van der Waals surface area contributed by atoms with Gasteiger partial charge in [0.05, 0.1) is 11.4 Å². The van der Waals surface area contributed by atoms with Gasteiger partial charge in [0.15, 0.2) is 0 Å². The van der Waals surface area contributed by atoms with Crippen molar-refractivity contribution in [3.8, 4) is 22.3 Å². The number of nitrogens with zero attached hydrogens (tertiary/aromatic N) is 1. The molecule has 4 N–H and O–H groups in total. The highest BCUT2D eigenvalue weighted by atomic mass is 14.6. The van der Waals surface area contributed by atoms with Gasteiger partial charge in [0.2, 0.25) is 0 Å². The Bertz CT molecular complexity index is 2240. The summed E-state index contributed by atoms with van der Waals surface area (Å²) in [6, 6.07) is 44.0. The smallest absolute Gasteiger partial charge is 0.0795 e. The first-order valence-electron chi connectivity index (χ1n) is 14.8. The molecule has 0 atom stereocenters. The van der Waals surface area contributed by atoms with Crippen molar-refractivity contribution >= 4 is 55.0 Å². The Morgan fingerprint density at radius 3 is 1.62 bits per heavy atom. The molecule has 8 rings (SSSR count). The van der Waals surface area contributed by atoms with Gasteiger partial charge in [-0.2, -0.15) is 0 Å². The summed E-state index contributed by atoms with van der Waals surface area (Å²) in [5, 5.41) is 23.3. The quantitative estimate of drug-likeness (QED) is 0.111. The summed E-state index contributed by atoms with van der Waals surface area (Å²) >= 11 is 0. The van der Waals surface area contributed by atoms with Gasteiger partial charge in [0, 0.05) is 18.1 Å². The van der Waals surface area contributed by atoms with E-state index in [0.29, 0.717) is 0 Å². The van der Waals surface area contributed by atoms with Crippen molar-refractivity contribution in [2.45, 2.75) is 0 Å². The number of aromatic nitrogens is 1. The third-order valence-electron chi connectivity index (χ3n) is 8.20. The first-order chi connectivity index (χ1) is 22.1. The molecule has 214 valence electrons. The second kappa shape index (κ2) is 11.9. The summed E-state index contributed by atoms with van der Waals surface area (Å²) in [6.07, 6.45) is 9.06. The predicted octanol–water partition coefficient (Wildman–Crippen LogP) is 10.1. The molecule has 0 fully saturated rings. The maximum absolute atomic E-state index is 8.19. The summed E-state index contributed by atoms with van der Waals surface area (Å²) in [7, 11) is 0. The lowest BCUT2D eigenvalue weighted by Crippen LogP contribution is -2.10. The van der Waals surface area contributed by atoms with E-state index in [9.17, 15) is 0 Å². The molecule has 4 nitrogen and oxygen atoms in total. The first-order valence-corrected chi connectivity index (χ1v) is 14.8. The molecule has 1 aliphatic carbocycles. The van der Waals surface area contributed by atoms with Crippen LogP contribution in [-0.2, 0) is 0 Å². The van der Waals surface area contributed by atoms with Crippen LogP contribution in [0.1, 0.15) is 5.56 Å². The van der Waals surface area contributed by atoms with Gasteiger partial charge >= 0.3 is 0 Å². The number of anilines is 1. The molecule has 0 aliphatic heterocycles. The van der Waals surface area contributed by atoms with Gasteiger partial charge < -0.3 is 5.73 Å². The molecule has 0 unspecified atom stereocenters. The number of pyridine rings is 1. The number of nitrogen functional groups attached to an aromatic ring is 1. The number of allylic oxidation sites excluding steroid dienone is 4. The number of rotatable bonds is 3. The van der Waals surface area contributed by atoms with Crippen molar-refractivity contribution in [3.05, 3.63) is 164 Å². The van der Waals surface area contributed by atoms with E-state index in [1.165, 1.54) is 32.7 Å². The van der Waals surface area contributed by atoms with E-state index < -0.39 is 0 Å². The van der Waals surface area contributed by atoms with Gasteiger partial charge in [-0.3, -0.25) is 15.8 Å². The van der Waals surface area contributed by atoms with E-state index in [-0.39, 0.29) is 11.4 Å². The number of nitrogens with one attached hydrogen (secondary N) is 2. The number of hydrogen-bond acceptors (Lipinski definition) is 4. The van der Waals surface area contributed by atoms with Crippen molar-refractivity contribution in [2.24, 2.45) is 0 Å². The molecule has 7 aromatic rings. The van der Waals surface area contributed by atoms with Crippen molar-refractivity contribution < 1.29 is 0 Å². The van der Waals surface area contributed by atoms with Gasteiger partial charge in [-0.25, -0.2) is 0 Å². The maximum atomic E-state index is 8.19. The van der Waals surface area contributed by atoms with Crippen LogP contribution in [0.5, 0.6) is 0 Å². The average molecular weight is 579 g/mol. The minimum Gasteiger partial charge on any atom is -0.399 e. The predicted molar refractivity (Wildman–Crippen MR) is 191 cm³/mol. The summed E-state index contributed by atoms with van der Waals surface area (Å²) in [5.74, 6) is 0. The highest BCUT2D eigenvalue weighted by Gasteiger charge is 2.18. The van der Waals surface area contributed by atoms with E-state index in [1.807, 2.05) is 48.6 Å². The van der Waals surface area contributed by atoms with Gasteiger partial charge in [-0.1, -0.05) is 103 Å². The molecule has 1 aliphatic rings. The molecular weight excluding hydrogens is 548 g/mol. The van der Waals surface area contributed by atoms with E-state index in [0.717, 1.165) is 38.7 Å². The largest absolute Gasteiger partial charge is 0.399 e. The molecule has 0 radical (unpaired) electrons. The lowest BCUT2D eigenvalue weighted by molar-refractivity contribution is 1.33. The first kappa shape index (κ1) is 27.7. The number of nitrogens with two attached hydrogens (primary N) is 1. The van der Waals surface area contributed by atoms with Crippen LogP contribution in [0, 0.1) is 10.8 Å². The van der Waals surface area contributed by atoms with Crippen LogP contribution in [-0.4, -0.2) is 16.4 Å². The molecule has 0 bridgehead atoms. The SMILES string of the molecule is N=C1C=CC(c2c3ccccc3c(-c3ccc4ccccc4c3)c3ccccc23)=CC1=N.Nc1ccc(-c2ccncc2)cc1.